The van der Waals surface area contributed by atoms with Crippen LogP contribution in [0.1, 0.15) is 41.3 Å². The first-order chi connectivity index (χ1) is 13.9. The van der Waals surface area contributed by atoms with Gasteiger partial charge in [-0.25, -0.2) is 8.42 Å². The second-order valence-electron chi connectivity index (χ2n) is 7.73. The summed E-state index contributed by atoms with van der Waals surface area (Å²) in [4.78, 5) is 4.98. The number of nitrogens with zero attached hydrogens (tertiary/aromatic N) is 3. The van der Waals surface area contributed by atoms with Crippen molar-refractivity contribution in [3.8, 4) is 11.4 Å². The molecule has 152 valence electrons. The van der Waals surface area contributed by atoms with E-state index in [9.17, 15) is 8.42 Å². The number of hydrogen-bond donors (Lipinski definition) is 0. The summed E-state index contributed by atoms with van der Waals surface area (Å²) in [5.74, 6) is 1.23. The third-order valence-electron chi connectivity index (χ3n) is 5.48. The number of aromatic nitrogens is 2. The average molecular weight is 412 g/mol. The Morgan fingerprint density at radius 2 is 1.62 bits per heavy atom. The van der Waals surface area contributed by atoms with Gasteiger partial charge in [0.15, 0.2) is 0 Å². The normalized spacial score (nSPS) is 16.2. The summed E-state index contributed by atoms with van der Waals surface area (Å²) in [6.07, 6.45) is 1.33. The highest BCUT2D eigenvalue weighted by Crippen LogP contribution is 2.32. The van der Waals surface area contributed by atoms with Crippen molar-refractivity contribution in [3.63, 3.8) is 0 Å². The first kappa shape index (κ1) is 19.8. The van der Waals surface area contributed by atoms with Gasteiger partial charge >= 0.3 is 0 Å². The summed E-state index contributed by atoms with van der Waals surface area (Å²) in [5, 5.41) is 4.09. The van der Waals surface area contributed by atoms with Gasteiger partial charge < -0.3 is 4.52 Å². The summed E-state index contributed by atoms with van der Waals surface area (Å²) in [6.45, 7) is 6.61. The number of sulfonamides is 1. The van der Waals surface area contributed by atoms with E-state index < -0.39 is 10.0 Å². The van der Waals surface area contributed by atoms with Crippen LogP contribution in [0.3, 0.4) is 0 Å². The molecule has 0 saturated carbocycles. The second kappa shape index (κ2) is 7.72. The van der Waals surface area contributed by atoms with E-state index in [2.05, 4.69) is 10.1 Å². The van der Waals surface area contributed by atoms with Gasteiger partial charge in [-0.15, -0.1) is 0 Å². The van der Waals surface area contributed by atoms with E-state index in [0.717, 1.165) is 22.3 Å². The first-order valence-electron chi connectivity index (χ1n) is 9.83. The lowest BCUT2D eigenvalue weighted by Gasteiger charge is -2.30. The van der Waals surface area contributed by atoms with Crippen LogP contribution in [0, 0.1) is 20.8 Å². The van der Waals surface area contributed by atoms with E-state index in [1.807, 2.05) is 63.2 Å². The smallest absolute Gasteiger partial charge is 0.243 e. The predicted octanol–water partition coefficient (Wildman–Crippen LogP) is 4.23. The Balaban J connectivity index is 1.49. The van der Waals surface area contributed by atoms with Crippen molar-refractivity contribution >= 4 is 10.0 Å². The predicted molar refractivity (Wildman–Crippen MR) is 111 cm³/mol. The molecule has 29 heavy (non-hydrogen) atoms. The number of rotatable bonds is 4. The minimum atomic E-state index is -3.52. The van der Waals surface area contributed by atoms with Crippen molar-refractivity contribution in [1.82, 2.24) is 14.4 Å². The largest absolute Gasteiger partial charge is 0.339 e. The molecule has 1 fully saturated rings. The topological polar surface area (TPSA) is 76.3 Å². The van der Waals surface area contributed by atoms with Gasteiger partial charge in [0.05, 0.1) is 4.90 Å². The molecule has 4 rings (SSSR count). The minimum Gasteiger partial charge on any atom is -0.339 e. The fourth-order valence-corrected chi connectivity index (χ4v) is 6.03. The average Bonchev–Trinajstić information content (AvgIpc) is 3.18. The molecule has 1 aliphatic rings. The lowest BCUT2D eigenvalue weighted by atomic mass is 9.98. The van der Waals surface area contributed by atoms with Gasteiger partial charge in [-0.05, 0) is 44.7 Å². The van der Waals surface area contributed by atoms with Crippen molar-refractivity contribution in [2.24, 2.45) is 0 Å². The van der Waals surface area contributed by atoms with Crippen LogP contribution in [0.5, 0.6) is 0 Å². The van der Waals surface area contributed by atoms with Crippen molar-refractivity contribution in [2.45, 2.75) is 44.4 Å². The summed E-state index contributed by atoms with van der Waals surface area (Å²) in [6, 6.07) is 13.5. The minimum absolute atomic E-state index is 0.0756. The standard InChI is InChI=1S/C22H25N3O3S/c1-15-13-16(2)20(17(3)14-15)29(26,27)25-11-9-19(10-12-25)22-23-21(24-28-22)18-7-5-4-6-8-18/h4-8,13-14,19H,9-12H2,1-3H3. The van der Waals surface area contributed by atoms with Gasteiger partial charge in [-0.1, -0.05) is 53.2 Å². The van der Waals surface area contributed by atoms with Gasteiger partial charge in [-0.3, -0.25) is 0 Å². The number of aryl methyl sites for hydroxylation is 3. The monoisotopic (exact) mass is 411 g/mol. The molecule has 0 atom stereocenters. The van der Waals surface area contributed by atoms with Crippen LogP contribution < -0.4 is 0 Å². The Labute approximate surface area is 171 Å². The summed E-state index contributed by atoms with van der Waals surface area (Å²) in [5.41, 5.74) is 3.58. The SMILES string of the molecule is Cc1cc(C)c(S(=O)(=O)N2CCC(c3nc(-c4ccccc4)no3)CC2)c(C)c1. The van der Waals surface area contributed by atoms with Gasteiger partial charge in [0.25, 0.3) is 0 Å². The Kier molecular flexibility index (Phi) is 5.27. The fourth-order valence-electron chi connectivity index (χ4n) is 4.15. The van der Waals surface area contributed by atoms with Gasteiger partial charge in [-0.2, -0.15) is 9.29 Å². The van der Waals surface area contributed by atoms with Crippen LogP contribution in [0.15, 0.2) is 51.9 Å². The lowest BCUT2D eigenvalue weighted by molar-refractivity contribution is 0.270. The number of hydrogen-bond acceptors (Lipinski definition) is 5. The van der Waals surface area contributed by atoms with E-state index >= 15 is 0 Å². The Bertz CT molecular complexity index is 1090. The molecule has 0 aliphatic carbocycles. The molecule has 0 bridgehead atoms. The number of piperidine rings is 1. The van der Waals surface area contributed by atoms with Crippen LogP contribution in [0.25, 0.3) is 11.4 Å². The van der Waals surface area contributed by atoms with Gasteiger partial charge in [0, 0.05) is 24.6 Å². The Morgan fingerprint density at radius 1 is 1.00 bits per heavy atom. The van der Waals surface area contributed by atoms with Crippen molar-refractivity contribution in [1.29, 1.82) is 0 Å². The number of benzene rings is 2. The maximum atomic E-state index is 13.2. The molecule has 1 aromatic heterocycles. The fraction of sp³-hybridized carbons (Fsp3) is 0.364. The van der Waals surface area contributed by atoms with E-state index in [1.165, 1.54) is 0 Å². The van der Waals surface area contributed by atoms with Gasteiger partial charge in [0.2, 0.25) is 21.7 Å². The van der Waals surface area contributed by atoms with Gasteiger partial charge in [0.1, 0.15) is 0 Å². The molecule has 3 aromatic rings. The third kappa shape index (κ3) is 3.84. The highest BCUT2D eigenvalue weighted by atomic mass is 32.2. The Morgan fingerprint density at radius 3 is 2.24 bits per heavy atom. The van der Waals surface area contributed by atoms with Crippen LogP contribution in [0.4, 0.5) is 0 Å². The molecule has 0 unspecified atom stereocenters. The lowest BCUT2D eigenvalue weighted by Crippen LogP contribution is -2.38. The quantitative estimate of drug-likeness (QED) is 0.642. The second-order valence-corrected chi connectivity index (χ2v) is 9.60. The highest BCUT2D eigenvalue weighted by Gasteiger charge is 2.33. The molecule has 1 saturated heterocycles. The maximum absolute atomic E-state index is 13.2. The summed E-state index contributed by atoms with van der Waals surface area (Å²) in [7, 11) is -3.52. The molecule has 0 amide bonds. The molecule has 0 N–H and O–H groups in total. The molecule has 2 heterocycles. The van der Waals surface area contributed by atoms with Crippen LogP contribution in [0.2, 0.25) is 0 Å². The molecule has 2 aromatic carbocycles. The molecular formula is C22H25N3O3S. The summed E-state index contributed by atoms with van der Waals surface area (Å²) >= 11 is 0. The van der Waals surface area contributed by atoms with E-state index in [1.54, 1.807) is 4.31 Å². The molecule has 6 nitrogen and oxygen atoms in total. The molecule has 1 aliphatic heterocycles. The highest BCUT2D eigenvalue weighted by molar-refractivity contribution is 7.89. The first-order valence-corrected chi connectivity index (χ1v) is 11.3. The molecule has 0 radical (unpaired) electrons. The Hall–Kier alpha value is -2.51. The van der Waals surface area contributed by atoms with Crippen LogP contribution in [-0.2, 0) is 10.0 Å². The summed E-state index contributed by atoms with van der Waals surface area (Å²) < 4.78 is 33.6. The zero-order valence-corrected chi connectivity index (χ0v) is 17.7. The zero-order valence-electron chi connectivity index (χ0n) is 16.9. The molecule has 7 heteroatoms. The van der Waals surface area contributed by atoms with Crippen molar-refractivity contribution < 1.29 is 12.9 Å². The zero-order chi connectivity index (χ0) is 20.6. The van der Waals surface area contributed by atoms with E-state index in [0.29, 0.717) is 42.5 Å². The molecular weight excluding hydrogens is 386 g/mol. The third-order valence-corrected chi connectivity index (χ3v) is 7.68. The van der Waals surface area contributed by atoms with Crippen LogP contribution in [-0.4, -0.2) is 36.0 Å². The maximum Gasteiger partial charge on any atom is 0.243 e. The van der Waals surface area contributed by atoms with Crippen molar-refractivity contribution in [2.75, 3.05) is 13.1 Å². The van der Waals surface area contributed by atoms with E-state index in [4.69, 9.17) is 4.52 Å². The van der Waals surface area contributed by atoms with Crippen LogP contribution >= 0.6 is 0 Å². The molecule has 0 spiro atoms. The van der Waals surface area contributed by atoms with E-state index in [-0.39, 0.29) is 5.92 Å². The van der Waals surface area contributed by atoms with Crippen molar-refractivity contribution in [3.05, 3.63) is 65.0 Å².